The molecule has 3 aromatic heterocycles. The zero-order valence-electron chi connectivity index (χ0n) is 26.6. The van der Waals surface area contributed by atoms with E-state index in [2.05, 4.69) is 101 Å². The van der Waals surface area contributed by atoms with Gasteiger partial charge in [0.05, 0.1) is 11.0 Å². The van der Waals surface area contributed by atoms with Gasteiger partial charge in [0.2, 0.25) is 5.88 Å². The van der Waals surface area contributed by atoms with E-state index in [4.69, 9.17) is 14.7 Å². The highest BCUT2D eigenvalue weighted by atomic mass is 16.5. The molecule has 0 aliphatic heterocycles. The van der Waals surface area contributed by atoms with E-state index in [1.807, 2.05) is 48.7 Å². The molecule has 5 nitrogen and oxygen atoms in total. The number of rotatable bonds is 4. The molecule has 0 saturated carbocycles. The van der Waals surface area contributed by atoms with Crippen LogP contribution in [-0.2, 0) is 10.8 Å². The standard InChI is InChI=1S/C40H37N3O2/c1-39(2,3)26-12-17-33-32(22-26)30-14-13-28(24-34(30)43(33)36-23-27(20-21-41-36)40(4,5)6)45-37-19-16-31-29(25-10-8-7-9-11-25)15-18-35(44)38(31)42-37/h7-24,44H,1-6H3. The van der Waals surface area contributed by atoms with Gasteiger partial charge < -0.3 is 9.84 Å². The second kappa shape index (κ2) is 10.5. The molecule has 1 N–H and O–H groups in total. The monoisotopic (exact) mass is 591 g/mol. The fourth-order valence-electron chi connectivity index (χ4n) is 6.02. The first-order chi connectivity index (χ1) is 21.5. The first-order valence-electron chi connectivity index (χ1n) is 15.4. The summed E-state index contributed by atoms with van der Waals surface area (Å²) in [5.74, 6) is 2.04. The molecular weight excluding hydrogens is 554 g/mol. The fraction of sp³-hybridized carbons (Fsp3) is 0.200. The third kappa shape index (κ3) is 5.18. The largest absolute Gasteiger partial charge is 0.506 e. The molecule has 3 heterocycles. The van der Waals surface area contributed by atoms with E-state index in [1.165, 1.54) is 16.5 Å². The molecule has 0 spiro atoms. The zero-order chi connectivity index (χ0) is 31.5. The molecule has 0 bridgehead atoms. The van der Waals surface area contributed by atoms with Gasteiger partial charge in [0.1, 0.15) is 22.8 Å². The summed E-state index contributed by atoms with van der Waals surface area (Å²) in [6, 6.07) is 34.7. The second-order valence-corrected chi connectivity index (χ2v) is 13.8. The van der Waals surface area contributed by atoms with Gasteiger partial charge in [-0.05, 0) is 87.7 Å². The van der Waals surface area contributed by atoms with Crippen molar-refractivity contribution >= 4 is 32.7 Å². The average molecular weight is 592 g/mol. The van der Waals surface area contributed by atoms with Crippen molar-refractivity contribution in [1.82, 2.24) is 14.5 Å². The van der Waals surface area contributed by atoms with E-state index >= 15 is 0 Å². The summed E-state index contributed by atoms with van der Waals surface area (Å²) in [5.41, 5.74) is 7.17. The van der Waals surface area contributed by atoms with Gasteiger partial charge in [-0.3, -0.25) is 4.57 Å². The molecule has 0 amide bonds. The Morgan fingerprint density at radius 3 is 2.13 bits per heavy atom. The van der Waals surface area contributed by atoms with Crippen LogP contribution in [0.4, 0.5) is 0 Å². The van der Waals surface area contributed by atoms with Crippen LogP contribution < -0.4 is 4.74 Å². The number of nitrogens with zero attached hydrogens (tertiary/aromatic N) is 3. The second-order valence-electron chi connectivity index (χ2n) is 13.8. The third-order valence-corrected chi connectivity index (χ3v) is 8.56. The Hall–Kier alpha value is -5.16. The molecule has 0 unspecified atom stereocenters. The molecule has 0 aliphatic carbocycles. The lowest BCUT2D eigenvalue weighted by molar-refractivity contribution is 0.460. The van der Waals surface area contributed by atoms with Crippen molar-refractivity contribution in [3.05, 3.63) is 120 Å². The maximum atomic E-state index is 10.7. The summed E-state index contributed by atoms with van der Waals surface area (Å²) in [7, 11) is 0. The predicted octanol–water partition coefficient (Wildman–Crippen LogP) is 10.5. The highest BCUT2D eigenvalue weighted by molar-refractivity contribution is 6.10. The fourth-order valence-corrected chi connectivity index (χ4v) is 6.02. The Bertz CT molecular complexity index is 2220. The molecule has 0 aliphatic rings. The lowest BCUT2D eigenvalue weighted by Crippen LogP contribution is -2.12. The SMILES string of the molecule is CC(C)(C)c1ccnc(-n2c3ccc(C(C)(C)C)cc3c3ccc(Oc4ccc5c(-c6ccccc6)ccc(O)c5n4)cc32)c1. The van der Waals surface area contributed by atoms with Gasteiger partial charge in [-0.2, -0.15) is 0 Å². The predicted molar refractivity (Wildman–Crippen MR) is 185 cm³/mol. The first kappa shape index (κ1) is 28.6. The van der Waals surface area contributed by atoms with Gasteiger partial charge in [0, 0.05) is 34.5 Å². The van der Waals surface area contributed by atoms with Gasteiger partial charge in [0.15, 0.2) is 0 Å². The van der Waals surface area contributed by atoms with E-state index in [1.54, 1.807) is 6.07 Å². The molecule has 45 heavy (non-hydrogen) atoms. The van der Waals surface area contributed by atoms with Crippen LogP contribution in [0, 0.1) is 0 Å². The van der Waals surface area contributed by atoms with Crippen LogP contribution in [0.15, 0.2) is 109 Å². The number of phenolic OH excluding ortho intramolecular Hbond substituents is 1. The number of fused-ring (bicyclic) bond motifs is 4. The molecular formula is C40H37N3O2. The van der Waals surface area contributed by atoms with Gasteiger partial charge in [-0.25, -0.2) is 9.97 Å². The van der Waals surface area contributed by atoms with Crippen LogP contribution in [0.5, 0.6) is 17.4 Å². The van der Waals surface area contributed by atoms with Crippen molar-refractivity contribution in [2.24, 2.45) is 0 Å². The van der Waals surface area contributed by atoms with Crippen molar-refractivity contribution in [2.75, 3.05) is 0 Å². The van der Waals surface area contributed by atoms with Crippen LogP contribution in [0.25, 0.3) is 49.7 Å². The molecule has 0 atom stereocenters. The summed E-state index contributed by atoms with van der Waals surface area (Å²) < 4.78 is 8.61. The summed E-state index contributed by atoms with van der Waals surface area (Å²) >= 11 is 0. The number of hydrogen-bond acceptors (Lipinski definition) is 4. The van der Waals surface area contributed by atoms with Crippen molar-refractivity contribution in [2.45, 2.75) is 52.4 Å². The van der Waals surface area contributed by atoms with Crippen LogP contribution >= 0.6 is 0 Å². The Balaban J connectivity index is 1.37. The molecule has 4 aromatic carbocycles. The van der Waals surface area contributed by atoms with Gasteiger partial charge in [0.25, 0.3) is 0 Å². The third-order valence-electron chi connectivity index (χ3n) is 8.56. The number of hydrogen-bond donors (Lipinski definition) is 1. The summed E-state index contributed by atoms with van der Waals surface area (Å²) in [6.45, 7) is 13.4. The minimum atomic E-state index is -0.0161. The maximum absolute atomic E-state index is 10.7. The zero-order valence-corrected chi connectivity index (χ0v) is 26.6. The minimum absolute atomic E-state index is 0.0161. The smallest absolute Gasteiger partial charge is 0.219 e. The molecule has 0 fully saturated rings. The van der Waals surface area contributed by atoms with E-state index in [9.17, 15) is 5.11 Å². The number of pyridine rings is 2. The van der Waals surface area contributed by atoms with Crippen molar-refractivity contribution < 1.29 is 9.84 Å². The molecule has 224 valence electrons. The summed E-state index contributed by atoms with van der Waals surface area (Å²) in [5, 5.41) is 13.9. The maximum Gasteiger partial charge on any atom is 0.219 e. The molecule has 7 rings (SSSR count). The average Bonchev–Trinajstić information content (AvgIpc) is 3.34. The van der Waals surface area contributed by atoms with Crippen molar-refractivity contribution in [3.63, 3.8) is 0 Å². The lowest BCUT2D eigenvalue weighted by atomic mass is 9.86. The van der Waals surface area contributed by atoms with E-state index in [-0.39, 0.29) is 16.6 Å². The summed E-state index contributed by atoms with van der Waals surface area (Å²) in [6.07, 6.45) is 1.90. The number of aromatic nitrogens is 3. The van der Waals surface area contributed by atoms with Gasteiger partial charge in [-0.15, -0.1) is 0 Å². The molecule has 0 saturated heterocycles. The van der Waals surface area contributed by atoms with Crippen LogP contribution in [0.2, 0.25) is 0 Å². The van der Waals surface area contributed by atoms with Crippen molar-refractivity contribution in [1.29, 1.82) is 0 Å². The molecule has 7 aromatic rings. The minimum Gasteiger partial charge on any atom is -0.506 e. The highest BCUT2D eigenvalue weighted by Crippen LogP contribution is 2.39. The molecule has 5 heteroatoms. The number of phenols is 1. The highest BCUT2D eigenvalue weighted by Gasteiger charge is 2.21. The first-order valence-corrected chi connectivity index (χ1v) is 15.4. The Kier molecular flexibility index (Phi) is 6.66. The molecule has 0 radical (unpaired) electrons. The van der Waals surface area contributed by atoms with Gasteiger partial charge >= 0.3 is 0 Å². The van der Waals surface area contributed by atoms with E-state index < -0.39 is 0 Å². The van der Waals surface area contributed by atoms with Crippen molar-refractivity contribution in [3.8, 4) is 34.3 Å². The van der Waals surface area contributed by atoms with Crippen LogP contribution in [0.3, 0.4) is 0 Å². The Labute approximate surface area is 263 Å². The Morgan fingerprint density at radius 2 is 1.38 bits per heavy atom. The summed E-state index contributed by atoms with van der Waals surface area (Å²) in [4.78, 5) is 9.59. The number of ether oxygens (including phenoxy) is 1. The van der Waals surface area contributed by atoms with Crippen LogP contribution in [-0.4, -0.2) is 19.6 Å². The number of benzene rings is 4. The van der Waals surface area contributed by atoms with Gasteiger partial charge in [-0.1, -0.05) is 77.9 Å². The van der Waals surface area contributed by atoms with E-state index in [0.29, 0.717) is 17.1 Å². The number of aromatic hydroxyl groups is 1. The van der Waals surface area contributed by atoms with E-state index in [0.717, 1.165) is 38.8 Å². The Morgan fingerprint density at radius 1 is 0.644 bits per heavy atom. The lowest BCUT2D eigenvalue weighted by Gasteiger charge is -2.20. The normalized spacial score (nSPS) is 12.3. The quantitative estimate of drug-likeness (QED) is 0.221. The topological polar surface area (TPSA) is 60.2 Å². The van der Waals surface area contributed by atoms with Crippen LogP contribution in [0.1, 0.15) is 52.7 Å².